The molecule has 1 atom stereocenters. The van der Waals surface area contributed by atoms with E-state index in [0.29, 0.717) is 31.8 Å². The third-order valence-electron chi connectivity index (χ3n) is 3.91. The van der Waals surface area contributed by atoms with Gasteiger partial charge in [-0.15, -0.1) is 0 Å². The van der Waals surface area contributed by atoms with Crippen molar-refractivity contribution in [2.75, 3.05) is 24.6 Å². The minimum atomic E-state index is -2.93. The molecule has 0 N–H and O–H groups in total. The summed E-state index contributed by atoms with van der Waals surface area (Å²) in [5.74, 6) is 0.946. The summed E-state index contributed by atoms with van der Waals surface area (Å²) in [4.78, 5) is 14.0. The van der Waals surface area contributed by atoms with Gasteiger partial charge in [0.2, 0.25) is 5.91 Å². The molecule has 1 aliphatic rings. The van der Waals surface area contributed by atoms with E-state index in [1.165, 1.54) is 6.42 Å². The van der Waals surface area contributed by atoms with Crippen LogP contribution in [0.1, 0.15) is 52.4 Å². The fourth-order valence-electron chi connectivity index (χ4n) is 2.51. The number of unbranched alkanes of at least 4 members (excludes halogenated alkanes) is 1. The van der Waals surface area contributed by atoms with E-state index < -0.39 is 9.84 Å². The average molecular weight is 289 g/mol. The Morgan fingerprint density at radius 2 is 1.95 bits per heavy atom. The molecule has 0 aromatic heterocycles. The van der Waals surface area contributed by atoms with Crippen LogP contribution in [0.25, 0.3) is 0 Å². The van der Waals surface area contributed by atoms with Crippen LogP contribution < -0.4 is 0 Å². The van der Waals surface area contributed by atoms with Gasteiger partial charge in [-0.3, -0.25) is 4.79 Å². The van der Waals surface area contributed by atoms with E-state index in [1.807, 2.05) is 0 Å². The number of nitrogens with zero attached hydrogens (tertiary/aromatic N) is 1. The first-order chi connectivity index (χ1) is 8.98. The van der Waals surface area contributed by atoms with Gasteiger partial charge < -0.3 is 4.90 Å². The van der Waals surface area contributed by atoms with Gasteiger partial charge in [-0.2, -0.15) is 0 Å². The van der Waals surface area contributed by atoms with Crippen molar-refractivity contribution in [3.63, 3.8) is 0 Å². The Labute approximate surface area is 117 Å². The van der Waals surface area contributed by atoms with Gasteiger partial charge >= 0.3 is 0 Å². The Kier molecular flexibility index (Phi) is 6.83. The maximum Gasteiger partial charge on any atom is 0.222 e. The molecule has 112 valence electrons. The van der Waals surface area contributed by atoms with Crippen molar-refractivity contribution in [2.24, 2.45) is 5.92 Å². The van der Waals surface area contributed by atoms with Crippen LogP contribution in [0.3, 0.4) is 0 Å². The SMILES string of the molecule is CCCC[C@@H](CC)CC(=O)N1CCCS(=O)(=O)CC1. The van der Waals surface area contributed by atoms with E-state index in [4.69, 9.17) is 0 Å². The first-order valence-electron chi connectivity index (χ1n) is 7.46. The predicted octanol–water partition coefficient (Wildman–Crippen LogP) is 2.24. The Morgan fingerprint density at radius 1 is 1.21 bits per heavy atom. The van der Waals surface area contributed by atoms with Gasteiger partial charge in [0.1, 0.15) is 0 Å². The summed E-state index contributed by atoms with van der Waals surface area (Å²) in [5.41, 5.74) is 0. The normalized spacial score (nSPS) is 20.8. The highest BCUT2D eigenvalue weighted by atomic mass is 32.2. The molecule has 4 nitrogen and oxygen atoms in total. The lowest BCUT2D eigenvalue weighted by atomic mass is 9.95. The van der Waals surface area contributed by atoms with Crippen molar-refractivity contribution in [2.45, 2.75) is 52.4 Å². The number of hydrogen-bond acceptors (Lipinski definition) is 3. The molecule has 1 rings (SSSR count). The molecule has 5 heteroatoms. The molecule has 0 aliphatic carbocycles. The average Bonchev–Trinajstić information content (AvgIpc) is 2.55. The minimum absolute atomic E-state index is 0.129. The second-order valence-electron chi connectivity index (χ2n) is 5.51. The first-order valence-corrected chi connectivity index (χ1v) is 9.28. The summed E-state index contributed by atoms with van der Waals surface area (Å²) in [6.45, 7) is 5.27. The van der Waals surface area contributed by atoms with E-state index in [9.17, 15) is 13.2 Å². The van der Waals surface area contributed by atoms with Crippen molar-refractivity contribution in [3.05, 3.63) is 0 Å². The zero-order valence-corrected chi connectivity index (χ0v) is 13.0. The number of hydrogen-bond donors (Lipinski definition) is 0. The number of carbonyl (C=O) groups is 1. The van der Waals surface area contributed by atoms with Crippen LogP contribution in [-0.2, 0) is 14.6 Å². The van der Waals surface area contributed by atoms with Crippen LogP contribution in [0.5, 0.6) is 0 Å². The van der Waals surface area contributed by atoms with Crippen LogP contribution in [0, 0.1) is 5.92 Å². The fraction of sp³-hybridized carbons (Fsp3) is 0.929. The van der Waals surface area contributed by atoms with Gasteiger partial charge in [0.15, 0.2) is 9.84 Å². The molecular weight excluding hydrogens is 262 g/mol. The van der Waals surface area contributed by atoms with Crippen molar-refractivity contribution < 1.29 is 13.2 Å². The smallest absolute Gasteiger partial charge is 0.222 e. The molecule has 0 aromatic carbocycles. The van der Waals surface area contributed by atoms with Crippen LogP contribution >= 0.6 is 0 Å². The summed E-state index contributed by atoms with van der Waals surface area (Å²) in [5, 5.41) is 0. The number of sulfone groups is 1. The van der Waals surface area contributed by atoms with E-state index in [2.05, 4.69) is 13.8 Å². The van der Waals surface area contributed by atoms with Crippen LogP contribution in [0.15, 0.2) is 0 Å². The highest BCUT2D eigenvalue weighted by Gasteiger charge is 2.23. The minimum Gasteiger partial charge on any atom is -0.342 e. The van der Waals surface area contributed by atoms with Gasteiger partial charge in [0.25, 0.3) is 0 Å². The maximum absolute atomic E-state index is 12.2. The predicted molar refractivity (Wildman–Crippen MR) is 77.8 cm³/mol. The summed E-state index contributed by atoms with van der Waals surface area (Å²) >= 11 is 0. The zero-order valence-electron chi connectivity index (χ0n) is 12.2. The van der Waals surface area contributed by atoms with E-state index >= 15 is 0 Å². The zero-order chi connectivity index (χ0) is 14.3. The van der Waals surface area contributed by atoms with Gasteiger partial charge in [-0.1, -0.05) is 33.1 Å². The molecule has 0 bridgehead atoms. The summed E-state index contributed by atoms with van der Waals surface area (Å²) in [6.07, 6.45) is 5.62. The van der Waals surface area contributed by atoms with Crippen molar-refractivity contribution in [1.29, 1.82) is 0 Å². The molecule has 0 saturated carbocycles. The van der Waals surface area contributed by atoms with Gasteiger partial charge in [0.05, 0.1) is 11.5 Å². The molecular formula is C14H27NO3S. The second kappa shape index (κ2) is 7.88. The monoisotopic (exact) mass is 289 g/mol. The largest absolute Gasteiger partial charge is 0.342 e. The Morgan fingerprint density at radius 3 is 2.58 bits per heavy atom. The first kappa shape index (κ1) is 16.5. The topological polar surface area (TPSA) is 54.5 Å². The number of amides is 1. The van der Waals surface area contributed by atoms with Crippen LogP contribution in [0.2, 0.25) is 0 Å². The third kappa shape index (κ3) is 5.93. The fourth-order valence-corrected chi connectivity index (χ4v) is 3.78. The molecule has 0 unspecified atom stereocenters. The summed E-state index contributed by atoms with van der Waals surface area (Å²) < 4.78 is 23.0. The third-order valence-corrected chi connectivity index (χ3v) is 5.63. The quantitative estimate of drug-likeness (QED) is 0.753. The van der Waals surface area contributed by atoms with Gasteiger partial charge in [-0.05, 0) is 18.8 Å². The maximum atomic E-state index is 12.2. The van der Waals surface area contributed by atoms with Gasteiger partial charge in [-0.25, -0.2) is 8.42 Å². The van der Waals surface area contributed by atoms with Crippen molar-refractivity contribution >= 4 is 15.7 Å². The van der Waals surface area contributed by atoms with Crippen LogP contribution in [-0.4, -0.2) is 43.8 Å². The van der Waals surface area contributed by atoms with Crippen molar-refractivity contribution in [1.82, 2.24) is 4.90 Å². The highest BCUT2D eigenvalue weighted by molar-refractivity contribution is 7.91. The molecule has 19 heavy (non-hydrogen) atoms. The Bertz CT molecular complexity index is 378. The molecule has 1 aliphatic heterocycles. The molecule has 0 spiro atoms. The molecule has 0 aromatic rings. The Hall–Kier alpha value is -0.580. The molecule has 0 radical (unpaired) electrons. The molecule has 1 fully saturated rings. The lowest BCUT2D eigenvalue weighted by Crippen LogP contribution is -2.34. The molecule has 1 heterocycles. The van der Waals surface area contributed by atoms with Crippen molar-refractivity contribution in [3.8, 4) is 0 Å². The van der Waals surface area contributed by atoms with E-state index in [0.717, 1.165) is 19.3 Å². The lowest BCUT2D eigenvalue weighted by Gasteiger charge is -2.22. The molecule has 1 saturated heterocycles. The van der Waals surface area contributed by atoms with Crippen LogP contribution in [0.4, 0.5) is 0 Å². The summed E-state index contributed by atoms with van der Waals surface area (Å²) in [7, 11) is -2.93. The molecule has 1 amide bonds. The van der Waals surface area contributed by atoms with Gasteiger partial charge in [0, 0.05) is 19.5 Å². The van der Waals surface area contributed by atoms with E-state index in [-0.39, 0.29) is 17.4 Å². The highest BCUT2D eigenvalue weighted by Crippen LogP contribution is 2.18. The lowest BCUT2D eigenvalue weighted by molar-refractivity contribution is -0.132. The second-order valence-corrected chi connectivity index (χ2v) is 7.81. The summed E-state index contributed by atoms with van der Waals surface area (Å²) in [6, 6.07) is 0. The Balaban J connectivity index is 2.48. The number of carbonyl (C=O) groups excluding carboxylic acids is 1. The standard InChI is InChI=1S/C14H27NO3S/c1-3-5-7-13(4-2)12-14(16)15-8-6-10-19(17,18)11-9-15/h13H,3-12H2,1-2H3/t13-/m1/s1. The number of rotatable bonds is 6. The van der Waals surface area contributed by atoms with E-state index in [1.54, 1.807) is 4.90 Å².